The van der Waals surface area contributed by atoms with Crippen LogP contribution in [0.25, 0.3) is 0 Å². The third kappa shape index (κ3) is 3.38. The minimum Gasteiger partial charge on any atom is -0.359 e. The maximum atomic E-state index is 12.5. The molecular weight excluding hydrogens is 300 g/mol. The molecule has 0 heterocycles. The van der Waals surface area contributed by atoms with Gasteiger partial charge in [-0.15, -0.1) is 0 Å². The standard InChI is InChI=1S/C20H20N2O2/c1-13-6-3-4-9-17(13)22-20(24)15-7-5-8-16(12-15)21-18-10-11-19(23)14(18)2/h3-9,12,21H,10-11H2,1-2H3,(H,22,24). The number of hydrogen-bond donors (Lipinski definition) is 2. The smallest absolute Gasteiger partial charge is 0.255 e. The number of para-hydroxylation sites is 1. The zero-order valence-electron chi connectivity index (χ0n) is 13.8. The van der Waals surface area contributed by atoms with Crippen molar-refractivity contribution in [3.8, 4) is 0 Å². The number of benzene rings is 2. The van der Waals surface area contributed by atoms with Crippen LogP contribution in [-0.4, -0.2) is 11.7 Å². The highest BCUT2D eigenvalue weighted by atomic mass is 16.1. The molecule has 0 fully saturated rings. The van der Waals surface area contributed by atoms with E-state index in [0.717, 1.165) is 34.6 Å². The average molecular weight is 320 g/mol. The van der Waals surface area contributed by atoms with Crippen molar-refractivity contribution in [2.75, 3.05) is 10.6 Å². The molecule has 0 radical (unpaired) electrons. The molecule has 2 aromatic rings. The number of carbonyl (C=O) groups is 2. The van der Waals surface area contributed by atoms with Crippen molar-refractivity contribution < 1.29 is 9.59 Å². The lowest BCUT2D eigenvalue weighted by molar-refractivity contribution is -0.114. The number of amides is 1. The van der Waals surface area contributed by atoms with Crippen LogP contribution in [0.4, 0.5) is 11.4 Å². The first-order valence-corrected chi connectivity index (χ1v) is 8.01. The van der Waals surface area contributed by atoms with Gasteiger partial charge in [0.05, 0.1) is 0 Å². The molecular formula is C20H20N2O2. The molecule has 1 aliphatic rings. The van der Waals surface area contributed by atoms with Crippen molar-refractivity contribution in [3.05, 3.63) is 70.9 Å². The Labute approximate surface area is 141 Å². The van der Waals surface area contributed by atoms with E-state index in [1.807, 2.05) is 50.2 Å². The van der Waals surface area contributed by atoms with Gasteiger partial charge in [0.25, 0.3) is 5.91 Å². The van der Waals surface area contributed by atoms with Gasteiger partial charge in [0.2, 0.25) is 0 Å². The van der Waals surface area contributed by atoms with E-state index in [0.29, 0.717) is 12.0 Å². The van der Waals surface area contributed by atoms with Crippen molar-refractivity contribution in [3.63, 3.8) is 0 Å². The zero-order chi connectivity index (χ0) is 17.1. The second-order valence-electron chi connectivity index (χ2n) is 6.00. The lowest BCUT2D eigenvalue weighted by atomic mass is 10.1. The summed E-state index contributed by atoms with van der Waals surface area (Å²) < 4.78 is 0. The number of ketones is 1. The molecule has 2 N–H and O–H groups in total. The molecule has 1 aliphatic carbocycles. The molecule has 24 heavy (non-hydrogen) atoms. The summed E-state index contributed by atoms with van der Waals surface area (Å²) in [6.45, 7) is 3.80. The number of allylic oxidation sites excluding steroid dienone is 2. The third-order valence-electron chi connectivity index (χ3n) is 4.29. The second kappa shape index (κ2) is 6.71. The predicted octanol–water partition coefficient (Wildman–Crippen LogP) is 4.30. The van der Waals surface area contributed by atoms with Crippen LogP contribution < -0.4 is 10.6 Å². The number of hydrogen-bond acceptors (Lipinski definition) is 3. The molecule has 0 bridgehead atoms. The molecule has 122 valence electrons. The van der Waals surface area contributed by atoms with Crippen LogP contribution in [0.2, 0.25) is 0 Å². The van der Waals surface area contributed by atoms with E-state index in [1.54, 1.807) is 12.1 Å². The summed E-state index contributed by atoms with van der Waals surface area (Å²) in [6.07, 6.45) is 1.28. The van der Waals surface area contributed by atoms with E-state index < -0.39 is 0 Å². The Morgan fingerprint density at radius 2 is 1.79 bits per heavy atom. The average Bonchev–Trinajstić information content (AvgIpc) is 2.89. The van der Waals surface area contributed by atoms with E-state index in [4.69, 9.17) is 0 Å². The molecule has 4 nitrogen and oxygen atoms in total. The Morgan fingerprint density at radius 3 is 2.50 bits per heavy atom. The molecule has 0 aliphatic heterocycles. The lowest BCUT2D eigenvalue weighted by Crippen LogP contribution is -2.13. The minimum atomic E-state index is -0.152. The molecule has 0 saturated carbocycles. The van der Waals surface area contributed by atoms with Crippen molar-refractivity contribution in [1.29, 1.82) is 0 Å². The number of aryl methyl sites for hydroxylation is 1. The van der Waals surface area contributed by atoms with Crippen LogP contribution in [0.3, 0.4) is 0 Å². The summed E-state index contributed by atoms with van der Waals surface area (Å²) in [6, 6.07) is 15.0. The van der Waals surface area contributed by atoms with Crippen molar-refractivity contribution in [1.82, 2.24) is 0 Å². The Kier molecular flexibility index (Phi) is 4.47. The quantitative estimate of drug-likeness (QED) is 0.883. The van der Waals surface area contributed by atoms with Crippen LogP contribution in [0.15, 0.2) is 59.8 Å². The molecule has 0 unspecified atom stereocenters. The Bertz CT molecular complexity index is 837. The fourth-order valence-corrected chi connectivity index (χ4v) is 2.76. The zero-order valence-corrected chi connectivity index (χ0v) is 13.8. The number of carbonyl (C=O) groups excluding carboxylic acids is 2. The topological polar surface area (TPSA) is 58.2 Å². The number of anilines is 2. The molecule has 2 aromatic carbocycles. The summed E-state index contributed by atoms with van der Waals surface area (Å²) in [5, 5.41) is 6.20. The van der Waals surface area contributed by atoms with E-state index in [2.05, 4.69) is 10.6 Å². The van der Waals surface area contributed by atoms with Crippen molar-refractivity contribution in [2.45, 2.75) is 26.7 Å². The summed E-state index contributed by atoms with van der Waals surface area (Å²) >= 11 is 0. The maximum Gasteiger partial charge on any atom is 0.255 e. The summed E-state index contributed by atoms with van der Waals surface area (Å²) in [4.78, 5) is 24.1. The monoisotopic (exact) mass is 320 g/mol. The van der Waals surface area contributed by atoms with Gasteiger partial charge in [-0.05, 0) is 50.1 Å². The summed E-state index contributed by atoms with van der Waals surface area (Å²) in [5.74, 6) is 0.0344. The highest BCUT2D eigenvalue weighted by Crippen LogP contribution is 2.25. The van der Waals surface area contributed by atoms with E-state index in [9.17, 15) is 9.59 Å². The number of Topliss-reactive ketones (excluding diaryl/α,β-unsaturated/α-hetero) is 1. The highest BCUT2D eigenvalue weighted by molar-refractivity contribution is 6.05. The molecule has 4 heteroatoms. The predicted molar refractivity (Wildman–Crippen MR) is 96.1 cm³/mol. The van der Waals surface area contributed by atoms with Crippen LogP contribution in [0.1, 0.15) is 35.7 Å². The van der Waals surface area contributed by atoms with Gasteiger partial charge in [-0.3, -0.25) is 9.59 Å². The van der Waals surface area contributed by atoms with Gasteiger partial charge in [-0.2, -0.15) is 0 Å². The summed E-state index contributed by atoms with van der Waals surface area (Å²) in [5.41, 5.74) is 4.94. The van der Waals surface area contributed by atoms with Crippen molar-refractivity contribution in [2.24, 2.45) is 0 Å². The highest BCUT2D eigenvalue weighted by Gasteiger charge is 2.19. The first-order valence-electron chi connectivity index (χ1n) is 8.01. The van der Waals surface area contributed by atoms with Crippen molar-refractivity contribution >= 4 is 23.1 Å². The fourth-order valence-electron chi connectivity index (χ4n) is 2.76. The largest absolute Gasteiger partial charge is 0.359 e. The van der Waals surface area contributed by atoms with Gasteiger partial charge in [0.1, 0.15) is 0 Å². The van der Waals surface area contributed by atoms with Crippen LogP contribution in [0.5, 0.6) is 0 Å². The van der Waals surface area contributed by atoms with Crippen LogP contribution in [0, 0.1) is 6.92 Å². The number of rotatable bonds is 4. The van der Waals surface area contributed by atoms with Gasteiger partial charge in [-0.25, -0.2) is 0 Å². The third-order valence-corrected chi connectivity index (χ3v) is 4.29. The number of nitrogens with one attached hydrogen (secondary N) is 2. The molecule has 1 amide bonds. The first kappa shape index (κ1) is 16.0. The molecule has 3 rings (SSSR count). The first-order chi connectivity index (χ1) is 11.5. The molecule has 0 spiro atoms. The maximum absolute atomic E-state index is 12.5. The minimum absolute atomic E-state index is 0.152. The Balaban J connectivity index is 1.77. The van der Waals surface area contributed by atoms with E-state index in [-0.39, 0.29) is 11.7 Å². The van der Waals surface area contributed by atoms with Crippen LogP contribution in [-0.2, 0) is 4.79 Å². The lowest BCUT2D eigenvalue weighted by Gasteiger charge is -2.11. The Hall–Kier alpha value is -2.88. The van der Waals surface area contributed by atoms with Crippen LogP contribution >= 0.6 is 0 Å². The second-order valence-corrected chi connectivity index (χ2v) is 6.00. The molecule has 0 saturated heterocycles. The summed E-state index contributed by atoms with van der Waals surface area (Å²) in [7, 11) is 0. The molecule has 0 aromatic heterocycles. The SMILES string of the molecule is CC1=C(Nc2cccc(C(=O)Nc3ccccc3C)c2)CCC1=O. The van der Waals surface area contributed by atoms with Gasteiger partial charge in [-0.1, -0.05) is 24.3 Å². The fraction of sp³-hybridized carbons (Fsp3) is 0.200. The van der Waals surface area contributed by atoms with Gasteiger partial charge in [0.15, 0.2) is 5.78 Å². The van der Waals surface area contributed by atoms with Gasteiger partial charge >= 0.3 is 0 Å². The normalized spacial score (nSPS) is 14.0. The van der Waals surface area contributed by atoms with Gasteiger partial charge in [0, 0.05) is 34.6 Å². The van der Waals surface area contributed by atoms with E-state index >= 15 is 0 Å². The van der Waals surface area contributed by atoms with Gasteiger partial charge < -0.3 is 10.6 Å². The Morgan fingerprint density at radius 1 is 1.00 bits per heavy atom. The molecule has 0 atom stereocenters. The van der Waals surface area contributed by atoms with E-state index in [1.165, 1.54) is 0 Å².